The van der Waals surface area contributed by atoms with Crippen molar-refractivity contribution in [3.05, 3.63) is 48.0 Å². The largest absolute Gasteiger partial charge is 0.272 e. The van der Waals surface area contributed by atoms with Gasteiger partial charge in [-0.3, -0.25) is 0 Å². The van der Waals surface area contributed by atoms with Crippen LogP contribution in [0.3, 0.4) is 0 Å². The predicted molar refractivity (Wildman–Crippen MR) is 174 cm³/mol. The minimum atomic E-state index is 0.537. The fourth-order valence-corrected chi connectivity index (χ4v) is 6.81. The summed E-state index contributed by atoms with van der Waals surface area (Å²) in [5.74, 6) is 2.80. The molecule has 44 heavy (non-hydrogen) atoms. The number of aryl methyl sites for hydroxylation is 2. The van der Waals surface area contributed by atoms with Crippen molar-refractivity contribution in [3.63, 3.8) is 0 Å². The van der Waals surface area contributed by atoms with Gasteiger partial charge < -0.3 is 0 Å². The Morgan fingerprint density at radius 1 is 0.477 bits per heavy atom. The van der Waals surface area contributed by atoms with E-state index < -0.39 is 0 Å². The van der Waals surface area contributed by atoms with Crippen LogP contribution in [0.2, 0.25) is 0 Å². The summed E-state index contributed by atoms with van der Waals surface area (Å²) in [5.41, 5.74) is 3.35. The monoisotopic (exact) mass is 584 g/mol. The fraction of sp³-hybridized carbons (Fsp3) is 0.412. The van der Waals surface area contributed by atoms with Crippen molar-refractivity contribution in [2.45, 2.75) is 90.9 Å². The number of benzene rings is 4. The Kier molecular flexibility index (Phi) is 6.84. The van der Waals surface area contributed by atoms with Gasteiger partial charge in [-0.2, -0.15) is 19.2 Å². The Hall–Kier alpha value is -4.60. The average molecular weight is 585 g/mol. The SMILES string of the molecule is CCCCCCCc1nnc2nc3c4cccc5c6nn7c(CCCCCCC)nnc7nc6c6cccc(c3nn12)c6c45. The van der Waals surface area contributed by atoms with Crippen LogP contribution < -0.4 is 0 Å². The van der Waals surface area contributed by atoms with E-state index in [2.05, 4.69) is 70.6 Å². The van der Waals surface area contributed by atoms with Gasteiger partial charge in [-0.25, -0.2) is 9.97 Å². The summed E-state index contributed by atoms with van der Waals surface area (Å²) in [6.07, 6.45) is 13.7. The Morgan fingerprint density at radius 3 is 1.32 bits per heavy atom. The Bertz CT molecular complexity index is 2120. The van der Waals surface area contributed by atoms with E-state index in [1.54, 1.807) is 0 Å². The molecule has 4 aromatic carbocycles. The summed E-state index contributed by atoms with van der Waals surface area (Å²) in [4.78, 5) is 10.1. The van der Waals surface area contributed by atoms with Gasteiger partial charge in [0, 0.05) is 45.2 Å². The highest BCUT2D eigenvalue weighted by Gasteiger charge is 2.22. The van der Waals surface area contributed by atoms with Crippen LogP contribution in [0.4, 0.5) is 0 Å². The Balaban J connectivity index is 1.32. The predicted octanol–water partition coefficient (Wildman–Crippen LogP) is 7.58. The van der Waals surface area contributed by atoms with Gasteiger partial charge in [-0.05, 0) is 12.8 Å². The van der Waals surface area contributed by atoms with Crippen LogP contribution in [-0.2, 0) is 12.8 Å². The molecule has 222 valence electrons. The van der Waals surface area contributed by atoms with Crippen LogP contribution >= 0.6 is 0 Å². The molecule has 0 spiro atoms. The summed E-state index contributed by atoms with van der Waals surface area (Å²) in [6.45, 7) is 4.48. The topological polar surface area (TPSA) is 112 Å². The zero-order chi connectivity index (χ0) is 29.6. The van der Waals surface area contributed by atoms with Gasteiger partial charge in [0.25, 0.3) is 11.6 Å². The summed E-state index contributed by atoms with van der Waals surface area (Å²) in [7, 11) is 0. The molecular weight excluding hydrogens is 548 g/mol. The molecule has 0 bridgehead atoms. The van der Waals surface area contributed by atoms with Crippen molar-refractivity contribution in [2.24, 2.45) is 0 Å². The van der Waals surface area contributed by atoms with E-state index in [4.69, 9.17) is 20.2 Å². The third-order valence-electron chi connectivity index (χ3n) is 9.06. The quantitative estimate of drug-likeness (QED) is 0.0820. The zero-order valence-corrected chi connectivity index (χ0v) is 25.4. The second-order valence-corrected chi connectivity index (χ2v) is 12.1. The normalized spacial score (nSPS) is 12.5. The van der Waals surface area contributed by atoms with E-state index >= 15 is 0 Å². The molecule has 0 atom stereocenters. The molecule has 4 aromatic heterocycles. The first-order valence-electron chi connectivity index (χ1n) is 16.3. The lowest BCUT2D eigenvalue weighted by Crippen LogP contribution is -2.04. The Labute approximate surface area is 254 Å². The number of rotatable bonds is 12. The number of hydrogen-bond acceptors (Lipinski definition) is 8. The maximum Gasteiger partial charge on any atom is 0.272 e. The lowest BCUT2D eigenvalue weighted by Gasteiger charge is -2.15. The maximum absolute atomic E-state index is 5.15. The number of aromatic nitrogens is 10. The molecule has 0 aliphatic rings. The first kappa shape index (κ1) is 27.0. The molecule has 0 aliphatic heterocycles. The molecule has 0 amide bonds. The minimum Gasteiger partial charge on any atom is -0.207 e. The second-order valence-electron chi connectivity index (χ2n) is 12.1. The van der Waals surface area contributed by atoms with Crippen molar-refractivity contribution in [1.29, 1.82) is 0 Å². The van der Waals surface area contributed by atoms with Crippen LogP contribution in [0.25, 0.3) is 65.9 Å². The van der Waals surface area contributed by atoms with Crippen LogP contribution in [0.5, 0.6) is 0 Å². The van der Waals surface area contributed by atoms with E-state index in [9.17, 15) is 0 Å². The lowest BCUT2D eigenvalue weighted by molar-refractivity contribution is 0.616. The number of unbranched alkanes of at least 4 members (excludes halogenated alkanes) is 8. The lowest BCUT2D eigenvalue weighted by atomic mass is 9.91. The van der Waals surface area contributed by atoms with Crippen molar-refractivity contribution in [1.82, 2.24) is 49.6 Å². The van der Waals surface area contributed by atoms with E-state index in [0.29, 0.717) is 11.6 Å². The summed E-state index contributed by atoms with van der Waals surface area (Å²) >= 11 is 0. The second kappa shape index (κ2) is 11.2. The molecule has 8 aromatic rings. The van der Waals surface area contributed by atoms with Crippen molar-refractivity contribution >= 4 is 65.9 Å². The zero-order valence-electron chi connectivity index (χ0n) is 25.4. The number of nitrogens with zero attached hydrogens (tertiary/aromatic N) is 10. The first-order chi connectivity index (χ1) is 21.8. The first-order valence-corrected chi connectivity index (χ1v) is 16.3. The van der Waals surface area contributed by atoms with Gasteiger partial charge in [-0.15, -0.1) is 20.4 Å². The molecular formula is C34H36N10. The molecule has 0 fully saturated rings. The highest BCUT2D eigenvalue weighted by molar-refractivity contribution is 6.38. The molecule has 10 nitrogen and oxygen atoms in total. The molecule has 8 rings (SSSR count). The third kappa shape index (κ3) is 4.30. The summed E-state index contributed by atoms with van der Waals surface area (Å²) in [5, 5.41) is 34.6. The van der Waals surface area contributed by atoms with Crippen LogP contribution in [0, 0.1) is 0 Å². The van der Waals surface area contributed by atoms with E-state index in [1.165, 1.54) is 51.4 Å². The summed E-state index contributed by atoms with van der Waals surface area (Å²) < 4.78 is 3.68. The van der Waals surface area contributed by atoms with Gasteiger partial charge >= 0.3 is 0 Å². The van der Waals surface area contributed by atoms with Gasteiger partial charge in [0.1, 0.15) is 22.1 Å². The van der Waals surface area contributed by atoms with Crippen LogP contribution in [0.1, 0.15) is 89.7 Å². The van der Waals surface area contributed by atoms with Gasteiger partial charge in [0.2, 0.25) is 0 Å². The highest BCUT2D eigenvalue weighted by Crippen LogP contribution is 2.42. The van der Waals surface area contributed by atoms with Gasteiger partial charge in [0.15, 0.2) is 11.6 Å². The number of hydrogen-bond donors (Lipinski definition) is 0. The van der Waals surface area contributed by atoms with Crippen molar-refractivity contribution < 1.29 is 0 Å². The van der Waals surface area contributed by atoms with E-state index in [1.807, 2.05) is 9.03 Å². The van der Waals surface area contributed by atoms with Gasteiger partial charge in [-0.1, -0.05) is 102 Å². The standard InChI is InChI=1S/C34H36N10/c1-3-5-7-9-11-19-25-37-39-33-35-29-21-15-14-18-24-28(21)27-22(16-13-17-23(27)31(29)41-43(25)33)30-32(24)42-44-26(38-40-34(44)36-30)20-12-10-8-6-4-2/h13-18H,3-12,19-20H2,1-2H3. The summed E-state index contributed by atoms with van der Waals surface area (Å²) in [6, 6.07) is 12.7. The molecule has 0 aliphatic carbocycles. The Morgan fingerprint density at radius 2 is 0.886 bits per heavy atom. The van der Waals surface area contributed by atoms with Crippen molar-refractivity contribution in [2.75, 3.05) is 0 Å². The molecule has 10 heteroatoms. The molecule has 0 unspecified atom stereocenters. The molecule has 0 N–H and O–H groups in total. The average Bonchev–Trinajstić information content (AvgIpc) is 3.65. The minimum absolute atomic E-state index is 0.537. The molecule has 0 saturated heterocycles. The fourth-order valence-electron chi connectivity index (χ4n) is 6.81. The van der Waals surface area contributed by atoms with E-state index in [0.717, 1.165) is 91.7 Å². The molecule has 4 heterocycles. The van der Waals surface area contributed by atoms with Gasteiger partial charge in [0.05, 0.1) is 0 Å². The van der Waals surface area contributed by atoms with E-state index in [-0.39, 0.29) is 0 Å². The maximum atomic E-state index is 5.15. The smallest absolute Gasteiger partial charge is 0.207 e. The van der Waals surface area contributed by atoms with Crippen LogP contribution in [0.15, 0.2) is 36.4 Å². The highest BCUT2D eigenvalue weighted by atomic mass is 15.4. The van der Waals surface area contributed by atoms with Crippen LogP contribution in [-0.4, -0.2) is 49.6 Å². The molecule has 0 radical (unpaired) electrons. The molecule has 0 saturated carbocycles. The van der Waals surface area contributed by atoms with Crippen molar-refractivity contribution in [3.8, 4) is 0 Å². The third-order valence-corrected chi connectivity index (χ3v) is 9.06. The number of fused-ring (bicyclic) bond motifs is 8.